The van der Waals surface area contributed by atoms with Crippen LogP contribution in [-0.2, 0) is 21.7 Å². The maximum atomic E-state index is 3.60. The van der Waals surface area contributed by atoms with E-state index in [9.17, 15) is 0 Å². The number of hydrogen-bond donors (Lipinski definition) is 0. The molecule has 0 aromatic heterocycles. The molecule has 0 fully saturated rings. The Balaban J connectivity index is -0.0000000256. The standard InChI is InChI=1S/C5H5.C4H9.3BrH.Ti/c1-2-4-5-3-1;1-3-4-2;;;;/h1-3H,4H2;1,3-4H2,2H3;3*1H;/q2*-1;;;;+3/p-3. The van der Waals surface area contributed by atoms with Crippen LogP contribution in [0, 0.1) is 13.0 Å². The molecule has 1 rings (SSSR count). The zero-order valence-electron chi connectivity index (χ0n) is 7.69. The Labute approximate surface area is 129 Å². The molecule has 0 spiro atoms. The van der Waals surface area contributed by atoms with Crippen molar-refractivity contribution in [3.8, 4) is 0 Å². The van der Waals surface area contributed by atoms with E-state index < -0.39 is 0 Å². The van der Waals surface area contributed by atoms with Gasteiger partial charge in [-0.3, -0.25) is 6.08 Å². The molecule has 0 bridgehead atoms. The van der Waals surface area contributed by atoms with Crippen LogP contribution >= 0.6 is 0 Å². The number of hydrogen-bond acceptors (Lipinski definition) is 0. The predicted molar refractivity (Wildman–Crippen MR) is 41.8 cm³/mol. The number of rotatable bonds is 1. The zero-order chi connectivity index (χ0) is 6.95. The minimum absolute atomic E-state index is 0. The Bertz CT molecular complexity index is 91.0. The van der Waals surface area contributed by atoms with Crippen LogP contribution in [0.15, 0.2) is 18.2 Å². The van der Waals surface area contributed by atoms with Crippen molar-refractivity contribution in [1.29, 1.82) is 0 Å². The van der Waals surface area contributed by atoms with Gasteiger partial charge in [0.1, 0.15) is 0 Å². The Morgan fingerprint density at radius 2 is 1.77 bits per heavy atom. The summed E-state index contributed by atoms with van der Waals surface area (Å²) in [4.78, 5) is 0. The zero-order valence-corrected chi connectivity index (χ0v) is 14.0. The molecule has 4 heteroatoms. The molecular formula is C9H14Br3Ti-2. The molecule has 0 heterocycles. The summed E-state index contributed by atoms with van der Waals surface area (Å²) in [6, 6.07) is 0. The molecule has 0 aromatic rings. The molecule has 77 valence electrons. The SMILES string of the molecule is [Br-].[Br-].[Br-].[C-]1=CC=CC1.[CH2-]CCC.[Ti+3]. The van der Waals surface area contributed by atoms with Gasteiger partial charge in [-0.1, -0.05) is 13.3 Å². The predicted octanol–water partition coefficient (Wildman–Crippen LogP) is -6.06. The third-order valence-corrected chi connectivity index (χ3v) is 0.939. The maximum Gasteiger partial charge on any atom is 3.00 e. The molecule has 1 aliphatic rings. The first-order valence-corrected chi connectivity index (χ1v) is 3.42. The summed E-state index contributed by atoms with van der Waals surface area (Å²) >= 11 is 0. The molecule has 0 aromatic carbocycles. The average Bonchev–Trinajstić information content (AvgIpc) is 2.43. The monoisotopic (exact) mass is 407 g/mol. The Morgan fingerprint density at radius 1 is 1.31 bits per heavy atom. The van der Waals surface area contributed by atoms with Crippen molar-refractivity contribution in [2.75, 3.05) is 0 Å². The first kappa shape index (κ1) is 29.3. The minimum atomic E-state index is 0. The molecule has 13 heavy (non-hydrogen) atoms. The molecule has 1 radical (unpaired) electrons. The fourth-order valence-corrected chi connectivity index (χ4v) is 0.340. The maximum absolute atomic E-state index is 3.60. The van der Waals surface area contributed by atoms with E-state index in [2.05, 4.69) is 26.0 Å². The topological polar surface area (TPSA) is 0 Å². The van der Waals surface area contributed by atoms with E-state index in [0.29, 0.717) is 0 Å². The Morgan fingerprint density at radius 3 is 1.85 bits per heavy atom. The van der Waals surface area contributed by atoms with Gasteiger partial charge in [-0.15, -0.1) is 6.42 Å². The first-order chi connectivity index (χ1) is 4.41. The van der Waals surface area contributed by atoms with Crippen LogP contribution in [0.25, 0.3) is 0 Å². The molecule has 0 saturated carbocycles. The quantitative estimate of drug-likeness (QED) is 0.299. The summed E-state index contributed by atoms with van der Waals surface area (Å²) < 4.78 is 0. The van der Waals surface area contributed by atoms with Crippen LogP contribution in [0.2, 0.25) is 0 Å². The second-order valence-electron chi connectivity index (χ2n) is 1.86. The second kappa shape index (κ2) is 29.2. The fraction of sp³-hybridized carbons (Fsp3) is 0.444. The van der Waals surface area contributed by atoms with E-state index in [1.165, 1.54) is 6.42 Å². The van der Waals surface area contributed by atoms with Gasteiger partial charge in [0.2, 0.25) is 0 Å². The van der Waals surface area contributed by atoms with Crippen LogP contribution in [0.3, 0.4) is 0 Å². The largest absolute Gasteiger partial charge is 3.00 e. The fourth-order valence-electron chi connectivity index (χ4n) is 0.340. The molecule has 0 atom stereocenters. The summed E-state index contributed by atoms with van der Waals surface area (Å²) in [5.74, 6) is 0. The van der Waals surface area contributed by atoms with Gasteiger partial charge >= 0.3 is 21.7 Å². The van der Waals surface area contributed by atoms with E-state index in [1.54, 1.807) is 0 Å². The first-order valence-electron chi connectivity index (χ1n) is 3.42. The minimum Gasteiger partial charge on any atom is -1.00 e. The molecule has 0 N–H and O–H groups in total. The molecule has 0 amide bonds. The van der Waals surface area contributed by atoms with Crippen molar-refractivity contribution in [1.82, 2.24) is 0 Å². The van der Waals surface area contributed by atoms with Crippen molar-refractivity contribution >= 4 is 0 Å². The Hall–Kier alpha value is 1.63. The van der Waals surface area contributed by atoms with E-state index in [1.807, 2.05) is 12.2 Å². The molecule has 0 unspecified atom stereocenters. The van der Waals surface area contributed by atoms with Crippen molar-refractivity contribution in [2.24, 2.45) is 0 Å². The van der Waals surface area contributed by atoms with Gasteiger partial charge in [0, 0.05) is 0 Å². The summed E-state index contributed by atoms with van der Waals surface area (Å²) in [6.45, 7) is 5.72. The van der Waals surface area contributed by atoms with Crippen molar-refractivity contribution in [3.63, 3.8) is 0 Å². The molecule has 0 nitrogen and oxygen atoms in total. The summed E-state index contributed by atoms with van der Waals surface area (Å²) in [5.41, 5.74) is 0. The van der Waals surface area contributed by atoms with Gasteiger partial charge in [-0.2, -0.15) is 12.5 Å². The van der Waals surface area contributed by atoms with Crippen molar-refractivity contribution in [2.45, 2.75) is 26.2 Å². The van der Waals surface area contributed by atoms with Crippen molar-refractivity contribution in [3.05, 3.63) is 31.2 Å². The van der Waals surface area contributed by atoms with Crippen LogP contribution in [-0.4, -0.2) is 0 Å². The van der Waals surface area contributed by atoms with Crippen LogP contribution in [0.1, 0.15) is 26.2 Å². The number of allylic oxidation sites excluding steroid dienone is 4. The molecular weight excluding hydrogens is 396 g/mol. The van der Waals surface area contributed by atoms with E-state index in [4.69, 9.17) is 0 Å². The van der Waals surface area contributed by atoms with Gasteiger partial charge in [-0.05, 0) is 0 Å². The van der Waals surface area contributed by atoms with Gasteiger partial charge in [0.15, 0.2) is 0 Å². The van der Waals surface area contributed by atoms with E-state index >= 15 is 0 Å². The van der Waals surface area contributed by atoms with Crippen LogP contribution in [0.5, 0.6) is 0 Å². The van der Waals surface area contributed by atoms with Gasteiger partial charge in [0.25, 0.3) is 0 Å². The Kier molecular flexibility index (Phi) is 65.8. The smallest absolute Gasteiger partial charge is 1.00 e. The van der Waals surface area contributed by atoms with Crippen LogP contribution in [0.4, 0.5) is 0 Å². The number of halogens is 3. The third kappa shape index (κ3) is 31.7. The molecule has 0 saturated heterocycles. The molecule has 0 aliphatic heterocycles. The molecule has 1 aliphatic carbocycles. The van der Waals surface area contributed by atoms with Gasteiger partial charge < -0.3 is 57.9 Å². The van der Waals surface area contributed by atoms with E-state index in [-0.39, 0.29) is 72.7 Å². The third-order valence-electron chi connectivity index (χ3n) is 0.939. The number of unbranched alkanes of at least 4 members (excludes halogenated alkanes) is 1. The average molecular weight is 410 g/mol. The van der Waals surface area contributed by atoms with Crippen molar-refractivity contribution < 1.29 is 72.7 Å². The van der Waals surface area contributed by atoms with Crippen LogP contribution < -0.4 is 50.9 Å². The van der Waals surface area contributed by atoms with Gasteiger partial charge in [-0.25, -0.2) is 12.2 Å². The van der Waals surface area contributed by atoms with Gasteiger partial charge in [0.05, 0.1) is 0 Å². The normalized spacial score (nSPS) is 9.08. The summed E-state index contributed by atoms with van der Waals surface area (Å²) in [5, 5.41) is 0. The summed E-state index contributed by atoms with van der Waals surface area (Å²) in [6.07, 6.45) is 12.3. The van der Waals surface area contributed by atoms with E-state index in [0.717, 1.165) is 12.8 Å². The summed E-state index contributed by atoms with van der Waals surface area (Å²) in [7, 11) is 0. The second-order valence-corrected chi connectivity index (χ2v) is 1.86.